The van der Waals surface area contributed by atoms with Crippen LogP contribution in [0.2, 0.25) is 0 Å². The minimum absolute atomic E-state index is 0.133. The Morgan fingerprint density at radius 1 is 0.761 bits per heavy atom. The normalized spacial score (nSPS) is 22.3. The van der Waals surface area contributed by atoms with Crippen LogP contribution in [0.4, 0.5) is 9.59 Å². The lowest BCUT2D eigenvalue weighted by Crippen LogP contribution is -2.51. The zero-order valence-electron chi connectivity index (χ0n) is 27.8. The molecule has 4 N–H and O–H groups in total. The molecule has 2 aromatic rings. The Morgan fingerprint density at radius 3 is 1.46 bits per heavy atom. The Morgan fingerprint density at radius 2 is 1.13 bits per heavy atom. The third kappa shape index (κ3) is 7.81. The number of alkyl carbamates (subject to hydrolysis) is 2. The second kappa shape index (κ2) is 14.7. The van der Waals surface area contributed by atoms with Crippen molar-refractivity contribution in [2.24, 2.45) is 23.7 Å². The fourth-order valence-electron chi connectivity index (χ4n) is 6.13. The first-order chi connectivity index (χ1) is 21.8. The van der Waals surface area contributed by atoms with Gasteiger partial charge in [-0.05, 0) is 48.4 Å². The molecule has 0 unspecified atom stereocenters. The zero-order chi connectivity index (χ0) is 33.7. The van der Waals surface area contributed by atoms with E-state index in [0.29, 0.717) is 36.1 Å². The molecule has 2 saturated heterocycles. The molecule has 4 heterocycles. The summed E-state index contributed by atoms with van der Waals surface area (Å²) < 4.78 is 9.46. The van der Waals surface area contributed by atoms with Gasteiger partial charge in [-0.1, -0.05) is 41.5 Å². The third-order valence-electron chi connectivity index (χ3n) is 8.52. The van der Waals surface area contributed by atoms with Gasteiger partial charge in [0.25, 0.3) is 0 Å². The maximum atomic E-state index is 13.5. The van der Waals surface area contributed by atoms with Crippen molar-refractivity contribution in [3.8, 4) is 11.8 Å². The van der Waals surface area contributed by atoms with Crippen LogP contribution >= 0.6 is 0 Å². The number of aromatic nitrogens is 4. The quantitative estimate of drug-likeness (QED) is 0.319. The molecule has 0 radical (unpaired) electrons. The van der Waals surface area contributed by atoms with Crippen LogP contribution in [-0.4, -0.2) is 93.1 Å². The molecule has 0 aromatic carbocycles. The van der Waals surface area contributed by atoms with E-state index in [1.165, 1.54) is 14.2 Å². The van der Waals surface area contributed by atoms with Crippen molar-refractivity contribution in [3.63, 3.8) is 0 Å². The Kier molecular flexibility index (Phi) is 11.0. The van der Waals surface area contributed by atoms with Crippen LogP contribution in [0.25, 0.3) is 0 Å². The van der Waals surface area contributed by atoms with Crippen molar-refractivity contribution in [2.45, 2.75) is 78.6 Å². The summed E-state index contributed by atoms with van der Waals surface area (Å²) in [5.74, 6) is 7.29. The van der Waals surface area contributed by atoms with E-state index >= 15 is 0 Å². The van der Waals surface area contributed by atoms with E-state index in [-0.39, 0.29) is 47.6 Å². The highest BCUT2D eigenvalue weighted by atomic mass is 16.5. The molecule has 4 rings (SSSR count). The first-order valence-electron chi connectivity index (χ1n) is 15.7. The van der Waals surface area contributed by atoms with Crippen molar-refractivity contribution in [1.82, 2.24) is 40.4 Å². The molecular weight excluding hydrogens is 592 g/mol. The Bertz CT molecular complexity index is 1370. The second-order valence-electron chi connectivity index (χ2n) is 13.0. The number of hydrogen-bond acceptors (Lipinski definition) is 8. The number of methoxy groups -OCH3 is 2. The maximum absolute atomic E-state index is 13.5. The highest BCUT2D eigenvalue weighted by Crippen LogP contribution is 2.36. The van der Waals surface area contributed by atoms with Crippen LogP contribution in [0, 0.1) is 35.5 Å². The lowest BCUT2D eigenvalue weighted by atomic mass is 10.0. The summed E-state index contributed by atoms with van der Waals surface area (Å²) in [7, 11) is 2.54. The Hall–Kier alpha value is -4.54. The third-order valence-corrected chi connectivity index (χ3v) is 8.52. The summed E-state index contributed by atoms with van der Waals surface area (Å²) in [6.45, 7) is 12.8. The fraction of sp³-hybridized carbons (Fsp3) is 0.625. The molecule has 6 atom stereocenters. The van der Waals surface area contributed by atoms with E-state index in [0.717, 1.165) is 12.8 Å². The van der Waals surface area contributed by atoms with Crippen molar-refractivity contribution >= 4 is 24.0 Å². The average Bonchev–Trinajstić information content (AvgIpc) is 3.82. The van der Waals surface area contributed by atoms with Gasteiger partial charge in [0.2, 0.25) is 11.8 Å². The number of nitrogens with one attached hydrogen (secondary N) is 4. The van der Waals surface area contributed by atoms with E-state index in [4.69, 9.17) is 9.47 Å². The predicted octanol–water partition coefficient (Wildman–Crippen LogP) is 3.11. The lowest BCUT2D eigenvalue weighted by molar-refractivity contribution is -0.136. The summed E-state index contributed by atoms with van der Waals surface area (Å²) in [6.07, 6.45) is 3.42. The molecule has 2 aliphatic heterocycles. The van der Waals surface area contributed by atoms with Crippen LogP contribution in [0.1, 0.15) is 89.5 Å². The maximum Gasteiger partial charge on any atom is 0.407 e. The molecule has 2 fully saturated rings. The van der Waals surface area contributed by atoms with Crippen LogP contribution in [0.15, 0.2) is 12.4 Å². The first kappa shape index (κ1) is 34.3. The van der Waals surface area contributed by atoms with E-state index in [9.17, 15) is 19.2 Å². The van der Waals surface area contributed by atoms with Gasteiger partial charge in [0.15, 0.2) is 0 Å². The number of carbonyl (C=O) groups excluding carboxylic acids is 4. The topological polar surface area (TPSA) is 175 Å². The summed E-state index contributed by atoms with van der Waals surface area (Å²) >= 11 is 0. The highest BCUT2D eigenvalue weighted by Gasteiger charge is 2.41. The van der Waals surface area contributed by atoms with Gasteiger partial charge in [0, 0.05) is 13.1 Å². The van der Waals surface area contributed by atoms with Gasteiger partial charge >= 0.3 is 12.2 Å². The van der Waals surface area contributed by atoms with Crippen molar-refractivity contribution < 1.29 is 28.7 Å². The Labute approximate surface area is 269 Å². The molecule has 0 bridgehead atoms. The van der Waals surface area contributed by atoms with Gasteiger partial charge in [-0.2, -0.15) is 0 Å². The van der Waals surface area contributed by atoms with Crippen molar-refractivity contribution in [3.05, 3.63) is 35.4 Å². The van der Waals surface area contributed by atoms with Crippen LogP contribution in [-0.2, 0) is 19.1 Å². The lowest BCUT2D eigenvalue weighted by Gasteiger charge is -2.30. The van der Waals surface area contributed by atoms with E-state index in [1.807, 2.05) is 27.7 Å². The molecule has 0 aliphatic carbocycles. The average molecular weight is 639 g/mol. The molecule has 0 saturated carbocycles. The summed E-state index contributed by atoms with van der Waals surface area (Å²) in [6, 6.07) is -2.01. The zero-order valence-corrected chi connectivity index (χ0v) is 27.8. The fourth-order valence-corrected chi connectivity index (χ4v) is 6.13. The minimum atomic E-state index is -0.724. The van der Waals surface area contributed by atoms with Gasteiger partial charge in [0.1, 0.15) is 35.1 Å². The molecular formula is C32H46N8O6. The number of carbonyl (C=O) groups is 4. The number of nitrogens with zero attached hydrogens (tertiary/aromatic N) is 4. The largest absolute Gasteiger partial charge is 0.453 e. The van der Waals surface area contributed by atoms with Crippen molar-refractivity contribution in [1.29, 1.82) is 0 Å². The van der Waals surface area contributed by atoms with Crippen LogP contribution in [0.3, 0.4) is 0 Å². The van der Waals surface area contributed by atoms with Gasteiger partial charge < -0.3 is 39.9 Å². The first-order valence-corrected chi connectivity index (χ1v) is 15.7. The molecule has 0 spiro atoms. The number of ether oxygens (including phenoxy) is 2. The second-order valence-corrected chi connectivity index (χ2v) is 13.0. The number of amides is 4. The smallest absolute Gasteiger partial charge is 0.407 e. The van der Waals surface area contributed by atoms with E-state index in [2.05, 4.69) is 56.3 Å². The van der Waals surface area contributed by atoms with Crippen molar-refractivity contribution in [2.75, 3.05) is 27.3 Å². The van der Waals surface area contributed by atoms with Crippen LogP contribution < -0.4 is 10.6 Å². The van der Waals surface area contributed by atoms with Gasteiger partial charge in [-0.25, -0.2) is 19.6 Å². The number of imidazole rings is 2. The molecule has 4 amide bonds. The SMILES string of the molecule is COC(=O)N[C@H](C(=O)N1C[C@@H](C)C[C@H]1c1ncc(C#Cc2cnc([C@@H]3C[C@H](C)CN3C(=O)[C@@H](NC(=O)OC)C(C)C)[nH]2)[nH]1)C(C)C. The van der Waals surface area contributed by atoms with Gasteiger partial charge in [-0.15, -0.1) is 0 Å². The molecule has 2 aliphatic rings. The Balaban J connectivity index is 1.48. The van der Waals surface area contributed by atoms with E-state index < -0.39 is 24.3 Å². The summed E-state index contributed by atoms with van der Waals surface area (Å²) in [4.78, 5) is 70.0. The van der Waals surface area contributed by atoms with E-state index in [1.54, 1.807) is 22.2 Å². The summed E-state index contributed by atoms with van der Waals surface area (Å²) in [5, 5.41) is 5.34. The number of likely N-dealkylation sites (tertiary alicyclic amines) is 2. The molecule has 14 nitrogen and oxygen atoms in total. The number of aromatic amines is 2. The van der Waals surface area contributed by atoms with Gasteiger partial charge in [-0.3, -0.25) is 9.59 Å². The molecule has 14 heteroatoms. The number of H-pyrrole nitrogens is 2. The molecule has 250 valence electrons. The number of rotatable bonds is 8. The van der Waals surface area contributed by atoms with Crippen LogP contribution in [0.5, 0.6) is 0 Å². The standard InChI is InChI=1S/C32H46N8O6/c1-17(2)25(37-31(43)45-7)29(41)39-15-19(5)11-23(39)27-33-13-21(35-27)9-10-22-14-34-28(36-22)24-12-20(6)16-40(24)30(42)26(18(3)4)38-32(44)46-8/h13-14,17-20,23-26H,11-12,15-16H2,1-8H3,(H,33,35)(H,34,36)(H,37,43)(H,38,44)/t19-,20-,23-,24-,25-,26-/m0/s1. The minimum Gasteiger partial charge on any atom is -0.453 e. The molecule has 2 aromatic heterocycles. The van der Waals surface area contributed by atoms with Gasteiger partial charge in [0.05, 0.1) is 38.7 Å². The predicted molar refractivity (Wildman–Crippen MR) is 168 cm³/mol. The monoisotopic (exact) mass is 638 g/mol. The summed E-state index contributed by atoms with van der Waals surface area (Å²) in [5.41, 5.74) is 1.15. The number of hydrogen-bond donors (Lipinski definition) is 4. The highest BCUT2D eigenvalue weighted by molar-refractivity contribution is 5.87. The molecule has 46 heavy (non-hydrogen) atoms.